The molecule has 1 N–H and O–H groups in total. The van der Waals surface area contributed by atoms with Gasteiger partial charge in [-0.3, -0.25) is 0 Å². The van der Waals surface area contributed by atoms with Crippen LogP contribution >= 0.6 is 0 Å². The highest BCUT2D eigenvalue weighted by atomic mass is 14.8. The largest absolute Gasteiger partial charge is 0.317 e. The second kappa shape index (κ2) is 10.0. The summed E-state index contributed by atoms with van der Waals surface area (Å²) in [5, 5.41) is 3.50. The predicted octanol–water partition coefficient (Wildman–Crippen LogP) is 3.59. The summed E-state index contributed by atoms with van der Waals surface area (Å²) in [6.07, 6.45) is 8.19. The van der Waals surface area contributed by atoms with E-state index < -0.39 is 0 Å². The molecular weight excluding hydrogens is 158 g/mol. The van der Waals surface area contributed by atoms with Gasteiger partial charge in [0, 0.05) is 0 Å². The third-order valence-electron chi connectivity index (χ3n) is 2.34. The number of hydrogen-bond acceptors (Lipinski definition) is 1. The van der Waals surface area contributed by atoms with Crippen molar-refractivity contribution < 1.29 is 0 Å². The van der Waals surface area contributed by atoms with Gasteiger partial charge < -0.3 is 5.32 Å². The predicted molar refractivity (Wildman–Crippen MR) is 61.1 cm³/mol. The van der Waals surface area contributed by atoms with Gasteiger partial charge in [-0.25, -0.2) is 0 Å². The second-order valence-corrected chi connectivity index (χ2v) is 4.35. The minimum absolute atomic E-state index is 0.863. The first-order valence-electron chi connectivity index (χ1n) is 5.98. The molecule has 0 bridgehead atoms. The van der Waals surface area contributed by atoms with E-state index in [1.165, 1.54) is 51.6 Å². The molecule has 0 unspecified atom stereocenters. The summed E-state index contributed by atoms with van der Waals surface area (Å²) in [4.78, 5) is 0. The van der Waals surface area contributed by atoms with Crippen LogP contribution < -0.4 is 5.32 Å². The average molecular weight is 185 g/mol. The van der Waals surface area contributed by atoms with E-state index in [4.69, 9.17) is 0 Å². The van der Waals surface area contributed by atoms with Crippen LogP contribution in [0.15, 0.2) is 0 Å². The molecule has 0 saturated heterocycles. The topological polar surface area (TPSA) is 12.0 Å². The highest BCUT2D eigenvalue weighted by molar-refractivity contribution is 4.51. The molecule has 1 nitrogen and oxygen atoms in total. The lowest BCUT2D eigenvalue weighted by Gasteiger charge is -2.06. The van der Waals surface area contributed by atoms with Gasteiger partial charge in [-0.05, 0) is 38.3 Å². The Balaban J connectivity index is 2.84. The van der Waals surface area contributed by atoms with Crippen LogP contribution in [0, 0.1) is 5.92 Å². The molecule has 0 spiro atoms. The van der Waals surface area contributed by atoms with Gasteiger partial charge in [0.25, 0.3) is 0 Å². The summed E-state index contributed by atoms with van der Waals surface area (Å²) < 4.78 is 0. The standard InChI is InChI=1S/C12H27N/c1-4-5-6-7-10-13-11-8-9-12(2)3/h12-13H,4-11H2,1-3H3. The van der Waals surface area contributed by atoms with E-state index in [1.807, 2.05) is 0 Å². The first-order valence-corrected chi connectivity index (χ1v) is 5.98. The van der Waals surface area contributed by atoms with Crippen LogP contribution in [0.25, 0.3) is 0 Å². The zero-order valence-corrected chi connectivity index (χ0v) is 9.73. The average Bonchev–Trinajstić information content (AvgIpc) is 2.09. The van der Waals surface area contributed by atoms with Crippen molar-refractivity contribution in [3.05, 3.63) is 0 Å². The Labute approximate surface area is 84.3 Å². The van der Waals surface area contributed by atoms with E-state index in [-0.39, 0.29) is 0 Å². The minimum atomic E-state index is 0.863. The van der Waals surface area contributed by atoms with Gasteiger partial charge in [0.1, 0.15) is 0 Å². The fourth-order valence-corrected chi connectivity index (χ4v) is 1.44. The molecular formula is C12H27N. The van der Waals surface area contributed by atoms with Gasteiger partial charge in [0.15, 0.2) is 0 Å². The first kappa shape index (κ1) is 13.0. The van der Waals surface area contributed by atoms with Crippen LogP contribution in [-0.2, 0) is 0 Å². The van der Waals surface area contributed by atoms with E-state index in [1.54, 1.807) is 0 Å². The summed E-state index contributed by atoms with van der Waals surface area (Å²) in [5.41, 5.74) is 0. The van der Waals surface area contributed by atoms with Gasteiger partial charge in [-0.2, -0.15) is 0 Å². The quantitative estimate of drug-likeness (QED) is 0.541. The molecule has 1 heteroatoms. The zero-order chi connectivity index (χ0) is 9.94. The van der Waals surface area contributed by atoms with E-state index in [9.17, 15) is 0 Å². The molecule has 0 aromatic carbocycles. The summed E-state index contributed by atoms with van der Waals surface area (Å²) in [7, 11) is 0. The Hall–Kier alpha value is -0.0400. The van der Waals surface area contributed by atoms with Crippen molar-refractivity contribution in [2.45, 2.75) is 59.3 Å². The van der Waals surface area contributed by atoms with Gasteiger partial charge >= 0.3 is 0 Å². The summed E-state index contributed by atoms with van der Waals surface area (Å²) in [6, 6.07) is 0. The van der Waals surface area contributed by atoms with Crippen LogP contribution in [0.2, 0.25) is 0 Å². The van der Waals surface area contributed by atoms with Gasteiger partial charge in [-0.15, -0.1) is 0 Å². The Morgan fingerprint density at radius 2 is 1.62 bits per heavy atom. The molecule has 0 aromatic rings. The molecule has 0 fully saturated rings. The number of unbranched alkanes of at least 4 members (excludes halogenated alkanes) is 3. The Bertz CT molecular complexity index is 89.1. The molecule has 0 atom stereocenters. The second-order valence-electron chi connectivity index (χ2n) is 4.35. The molecule has 0 aliphatic heterocycles. The number of hydrogen-bond donors (Lipinski definition) is 1. The Kier molecular flexibility index (Phi) is 10.0. The van der Waals surface area contributed by atoms with Crippen molar-refractivity contribution in [2.24, 2.45) is 5.92 Å². The molecule has 0 saturated carbocycles. The summed E-state index contributed by atoms with van der Waals surface area (Å²) in [6.45, 7) is 9.28. The smallest absolute Gasteiger partial charge is 0.00488 e. The molecule has 0 heterocycles. The molecule has 0 radical (unpaired) electrons. The van der Waals surface area contributed by atoms with Crippen LogP contribution in [0.5, 0.6) is 0 Å². The van der Waals surface area contributed by atoms with Crippen molar-refractivity contribution in [1.82, 2.24) is 5.32 Å². The Morgan fingerprint density at radius 3 is 2.23 bits per heavy atom. The highest BCUT2D eigenvalue weighted by Crippen LogP contribution is 2.02. The first-order chi connectivity index (χ1) is 6.27. The van der Waals surface area contributed by atoms with E-state index in [2.05, 4.69) is 26.1 Å². The summed E-state index contributed by atoms with van der Waals surface area (Å²) in [5.74, 6) is 0.863. The third kappa shape index (κ3) is 12.0. The van der Waals surface area contributed by atoms with Gasteiger partial charge in [0.05, 0.1) is 0 Å². The lowest BCUT2D eigenvalue weighted by atomic mass is 10.1. The van der Waals surface area contributed by atoms with Crippen LogP contribution in [0.3, 0.4) is 0 Å². The molecule has 80 valence electrons. The normalized spacial score (nSPS) is 11.1. The van der Waals surface area contributed by atoms with Crippen molar-refractivity contribution in [3.8, 4) is 0 Å². The van der Waals surface area contributed by atoms with Crippen molar-refractivity contribution in [2.75, 3.05) is 13.1 Å². The Morgan fingerprint density at radius 1 is 0.923 bits per heavy atom. The minimum Gasteiger partial charge on any atom is -0.317 e. The fraction of sp³-hybridized carbons (Fsp3) is 1.00. The molecule has 0 aliphatic carbocycles. The molecule has 0 rings (SSSR count). The van der Waals surface area contributed by atoms with E-state index in [0.29, 0.717) is 0 Å². The lowest BCUT2D eigenvalue weighted by molar-refractivity contribution is 0.518. The van der Waals surface area contributed by atoms with Crippen molar-refractivity contribution in [3.63, 3.8) is 0 Å². The van der Waals surface area contributed by atoms with Gasteiger partial charge in [0.2, 0.25) is 0 Å². The fourth-order valence-electron chi connectivity index (χ4n) is 1.44. The SMILES string of the molecule is CCCCCCNCCCC(C)C. The van der Waals surface area contributed by atoms with E-state index in [0.717, 1.165) is 5.92 Å². The molecule has 0 aromatic heterocycles. The third-order valence-corrected chi connectivity index (χ3v) is 2.34. The molecule has 13 heavy (non-hydrogen) atoms. The monoisotopic (exact) mass is 185 g/mol. The van der Waals surface area contributed by atoms with Crippen molar-refractivity contribution in [1.29, 1.82) is 0 Å². The van der Waals surface area contributed by atoms with Crippen LogP contribution in [0.4, 0.5) is 0 Å². The van der Waals surface area contributed by atoms with E-state index >= 15 is 0 Å². The maximum atomic E-state index is 3.50. The van der Waals surface area contributed by atoms with Crippen LogP contribution in [0.1, 0.15) is 59.3 Å². The van der Waals surface area contributed by atoms with Gasteiger partial charge in [-0.1, -0.05) is 40.0 Å². The lowest BCUT2D eigenvalue weighted by Crippen LogP contribution is -2.16. The molecule has 0 amide bonds. The van der Waals surface area contributed by atoms with Crippen molar-refractivity contribution >= 4 is 0 Å². The van der Waals surface area contributed by atoms with Crippen LogP contribution in [-0.4, -0.2) is 13.1 Å². The maximum Gasteiger partial charge on any atom is -0.00488 e. The number of rotatable bonds is 9. The highest BCUT2D eigenvalue weighted by Gasteiger charge is 1.93. The molecule has 0 aliphatic rings. The zero-order valence-electron chi connectivity index (χ0n) is 9.73. The maximum absolute atomic E-state index is 3.50. The number of nitrogens with one attached hydrogen (secondary N) is 1. The summed E-state index contributed by atoms with van der Waals surface area (Å²) >= 11 is 0.